The molecule has 0 saturated heterocycles. The summed E-state index contributed by atoms with van der Waals surface area (Å²) in [4.78, 5) is 13.4. The Morgan fingerprint density at radius 1 is 1.18 bits per heavy atom. The lowest BCUT2D eigenvalue weighted by atomic mass is 10.2. The molecule has 22 heavy (non-hydrogen) atoms. The Labute approximate surface area is 136 Å². The van der Waals surface area contributed by atoms with Gasteiger partial charge in [-0.15, -0.1) is 0 Å². The third kappa shape index (κ3) is 2.36. The van der Waals surface area contributed by atoms with Crippen LogP contribution in [0.5, 0.6) is 10.8 Å². The van der Waals surface area contributed by atoms with Gasteiger partial charge in [0.1, 0.15) is 5.75 Å². The molecule has 0 aliphatic rings. The molecule has 4 nitrogen and oxygen atoms in total. The first-order chi connectivity index (χ1) is 10.5. The molecule has 114 valence electrons. The highest BCUT2D eigenvalue weighted by Gasteiger charge is 2.18. The van der Waals surface area contributed by atoms with Gasteiger partial charge in [-0.3, -0.25) is 9.36 Å². The molecular formula is C16H14ClNO3S. The summed E-state index contributed by atoms with van der Waals surface area (Å²) in [6.45, 7) is 1.89. The maximum atomic E-state index is 12.8. The number of thiophene rings is 1. The maximum Gasteiger partial charge on any atom is 0.272 e. The molecule has 6 heteroatoms. The van der Waals surface area contributed by atoms with Crippen molar-refractivity contribution in [2.75, 3.05) is 14.2 Å². The molecule has 0 spiro atoms. The number of aromatic nitrogens is 1. The summed E-state index contributed by atoms with van der Waals surface area (Å²) in [7, 11) is 3.16. The van der Waals surface area contributed by atoms with Gasteiger partial charge in [0, 0.05) is 11.1 Å². The van der Waals surface area contributed by atoms with E-state index in [1.54, 1.807) is 37.0 Å². The van der Waals surface area contributed by atoms with Gasteiger partial charge >= 0.3 is 0 Å². The van der Waals surface area contributed by atoms with E-state index in [1.165, 1.54) is 11.3 Å². The lowest BCUT2D eigenvalue weighted by Gasteiger charge is -2.07. The molecule has 0 aliphatic carbocycles. The summed E-state index contributed by atoms with van der Waals surface area (Å²) in [5, 5.41) is 2.10. The van der Waals surface area contributed by atoms with Gasteiger partial charge in [0.05, 0.1) is 29.6 Å². The van der Waals surface area contributed by atoms with E-state index in [2.05, 4.69) is 0 Å². The average molecular weight is 336 g/mol. The molecule has 3 rings (SSSR count). The molecule has 0 atom stereocenters. The van der Waals surface area contributed by atoms with Crippen molar-refractivity contribution in [2.24, 2.45) is 0 Å². The van der Waals surface area contributed by atoms with Crippen LogP contribution in [-0.2, 0) is 0 Å². The summed E-state index contributed by atoms with van der Waals surface area (Å²) in [6.07, 6.45) is 0. The smallest absolute Gasteiger partial charge is 0.272 e. The quantitative estimate of drug-likeness (QED) is 0.713. The summed E-state index contributed by atoms with van der Waals surface area (Å²) in [5.74, 6) is 0.499. The summed E-state index contributed by atoms with van der Waals surface area (Å²) >= 11 is 7.51. The fourth-order valence-electron chi connectivity index (χ4n) is 2.43. The van der Waals surface area contributed by atoms with E-state index in [0.717, 1.165) is 16.6 Å². The number of nitrogens with zero attached hydrogens (tertiary/aromatic N) is 1. The molecule has 0 saturated carbocycles. The van der Waals surface area contributed by atoms with E-state index in [0.29, 0.717) is 20.7 Å². The van der Waals surface area contributed by atoms with Gasteiger partial charge in [0.15, 0.2) is 5.06 Å². The van der Waals surface area contributed by atoms with Crippen molar-refractivity contribution in [3.05, 3.63) is 45.9 Å². The highest BCUT2D eigenvalue weighted by Crippen LogP contribution is 2.33. The number of carbonyl (C=O) groups excluding carboxylic acids is 1. The summed E-state index contributed by atoms with van der Waals surface area (Å²) < 4.78 is 12.0. The van der Waals surface area contributed by atoms with Gasteiger partial charge in [0.25, 0.3) is 5.91 Å². The normalized spacial score (nSPS) is 10.9. The number of ether oxygens (including phenoxy) is 2. The Hall–Kier alpha value is -1.98. The topological polar surface area (TPSA) is 40.5 Å². The zero-order valence-corrected chi connectivity index (χ0v) is 13.9. The third-order valence-electron chi connectivity index (χ3n) is 3.46. The van der Waals surface area contributed by atoms with Crippen LogP contribution in [0.3, 0.4) is 0 Å². The number of benzene rings is 1. The van der Waals surface area contributed by atoms with E-state index in [4.69, 9.17) is 21.1 Å². The van der Waals surface area contributed by atoms with Crippen LogP contribution in [0.1, 0.15) is 15.4 Å². The van der Waals surface area contributed by atoms with Crippen LogP contribution in [0, 0.1) is 6.92 Å². The average Bonchev–Trinajstić information content (AvgIpc) is 3.09. The lowest BCUT2D eigenvalue weighted by molar-refractivity contribution is 0.0967. The van der Waals surface area contributed by atoms with Crippen molar-refractivity contribution in [2.45, 2.75) is 6.92 Å². The molecule has 0 unspecified atom stereocenters. The Kier molecular flexibility index (Phi) is 3.85. The third-order valence-corrected chi connectivity index (χ3v) is 4.79. The van der Waals surface area contributed by atoms with Crippen molar-refractivity contribution in [3.8, 4) is 10.8 Å². The predicted molar refractivity (Wildman–Crippen MR) is 88.8 cm³/mol. The first kappa shape index (κ1) is 14.9. The van der Waals surface area contributed by atoms with Gasteiger partial charge in [0.2, 0.25) is 0 Å². The number of rotatable bonds is 3. The van der Waals surface area contributed by atoms with E-state index in [-0.39, 0.29) is 5.91 Å². The van der Waals surface area contributed by atoms with Crippen LogP contribution < -0.4 is 9.47 Å². The second-order valence-electron chi connectivity index (χ2n) is 4.79. The second-order valence-corrected chi connectivity index (χ2v) is 6.25. The van der Waals surface area contributed by atoms with Crippen molar-refractivity contribution in [1.82, 2.24) is 4.57 Å². The van der Waals surface area contributed by atoms with Crippen LogP contribution >= 0.6 is 22.9 Å². The van der Waals surface area contributed by atoms with Crippen LogP contribution in [0.25, 0.3) is 10.9 Å². The molecule has 3 aromatic rings. The first-order valence-electron chi connectivity index (χ1n) is 6.59. The Morgan fingerprint density at radius 2 is 1.95 bits per heavy atom. The van der Waals surface area contributed by atoms with Crippen LogP contribution in [0.15, 0.2) is 30.3 Å². The fourth-order valence-corrected chi connectivity index (χ4v) is 3.41. The lowest BCUT2D eigenvalue weighted by Crippen LogP contribution is -2.11. The van der Waals surface area contributed by atoms with E-state index >= 15 is 0 Å². The van der Waals surface area contributed by atoms with Gasteiger partial charge in [-0.1, -0.05) is 22.9 Å². The predicted octanol–water partition coefficient (Wildman–Crippen LogP) is 4.37. The largest absolute Gasteiger partial charge is 0.495 e. The Balaban J connectivity index is 2.15. The van der Waals surface area contributed by atoms with Crippen molar-refractivity contribution in [1.29, 1.82) is 0 Å². The van der Waals surface area contributed by atoms with Crippen molar-refractivity contribution >= 4 is 39.7 Å². The molecule has 0 amide bonds. The standard InChI is InChI=1S/C16H14ClNO3S/c1-9-6-10-7-13(20-2)11(17)8-12(10)18(9)16(19)14-4-5-15(21-3)22-14/h4-8H,1-3H3. The number of methoxy groups -OCH3 is 2. The molecule has 0 radical (unpaired) electrons. The molecular weight excluding hydrogens is 322 g/mol. The van der Waals surface area contributed by atoms with Crippen LogP contribution in [0.2, 0.25) is 5.02 Å². The van der Waals surface area contributed by atoms with Crippen molar-refractivity contribution < 1.29 is 14.3 Å². The zero-order valence-electron chi connectivity index (χ0n) is 12.3. The molecule has 0 bridgehead atoms. The minimum absolute atomic E-state index is 0.0953. The molecule has 2 aromatic heterocycles. The van der Waals surface area contributed by atoms with Gasteiger partial charge in [-0.25, -0.2) is 0 Å². The number of carbonyl (C=O) groups is 1. The van der Waals surface area contributed by atoms with Gasteiger partial charge in [-0.2, -0.15) is 0 Å². The summed E-state index contributed by atoms with van der Waals surface area (Å²) in [5.41, 5.74) is 1.61. The SMILES string of the molecule is COc1ccc(C(=O)n2c(C)cc3cc(OC)c(Cl)cc32)s1. The molecule has 0 fully saturated rings. The second kappa shape index (κ2) is 5.66. The first-order valence-corrected chi connectivity index (χ1v) is 7.78. The van der Waals surface area contributed by atoms with E-state index < -0.39 is 0 Å². The zero-order chi connectivity index (χ0) is 15.9. The number of hydrogen-bond acceptors (Lipinski definition) is 4. The van der Waals surface area contributed by atoms with Crippen LogP contribution in [0.4, 0.5) is 0 Å². The molecule has 1 aromatic carbocycles. The highest BCUT2D eigenvalue weighted by molar-refractivity contribution is 7.15. The molecule has 0 aliphatic heterocycles. The highest BCUT2D eigenvalue weighted by atomic mass is 35.5. The summed E-state index contributed by atoms with van der Waals surface area (Å²) in [6, 6.07) is 9.09. The Morgan fingerprint density at radius 3 is 2.59 bits per heavy atom. The van der Waals surface area contributed by atoms with Gasteiger partial charge < -0.3 is 9.47 Å². The van der Waals surface area contributed by atoms with Crippen molar-refractivity contribution in [3.63, 3.8) is 0 Å². The minimum atomic E-state index is -0.0953. The van der Waals surface area contributed by atoms with E-state index in [1.807, 2.05) is 19.1 Å². The van der Waals surface area contributed by atoms with E-state index in [9.17, 15) is 4.79 Å². The Bertz CT molecular complexity index is 866. The monoisotopic (exact) mass is 335 g/mol. The fraction of sp³-hybridized carbons (Fsp3) is 0.188. The number of halogens is 1. The minimum Gasteiger partial charge on any atom is -0.495 e. The van der Waals surface area contributed by atoms with Gasteiger partial charge in [-0.05, 0) is 37.3 Å². The molecule has 0 N–H and O–H groups in total. The number of fused-ring (bicyclic) bond motifs is 1. The number of aryl methyl sites for hydroxylation is 1. The van der Waals surface area contributed by atoms with Crippen LogP contribution in [-0.4, -0.2) is 24.7 Å². The number of hydrogen-bond donors (Lipinski definition) is 0. The maximum absolute atomic E-state index is 12.8. The molecule has 2 heterocycles.